The van der Waals surface area contributed by atoms with Gasteiger partial charge in [0.15, 0.2) is 0 Å². The fourth-order valence-corrected chi connectivity index (χ4v) is 2.02. The smallest absolute Gasteiger partial charge is 0.408 e. The molecule has 0 aliphatic heterocycles. The van der Waals surface area contributed by atoms with Crippen molar-refractivity contribution in [1.82, 2.24) is 10.6 Å². The number of hydrogen-bond acceptors (Lipinski definition) is 5. The van der Waals surface area contributed by atoms with E-state index in [2.05, 4.69) is 10.6 Å². The van der Waals surface area contributed by atoms with Crippen molar-refractivity contribution in [3.8, 4) is 0 Å². The topological polar surface area (TPSA) is 120 Å². The molecule has 0 aliphatic rings. The highest BCUT2D eigenvalue weighted by atomic mass is 16.6. The molecule has 0 aliphatic carbocycles. The van der Waals surface area contributed by atoms with Gasteiger partial charge in [0, 0.05) is 0 Å². The van der Waals surface area contributed by atoms with Gasteiger partial charge in [0.1, 0.15) is 17.2 Å². The van der Waals surface area contributed by atoms with Gasteiger partial charge in [-0.15, -0.1) is 0 Å². The monoisotopic (exact) mass is 379 g/mol. The summed E-state index contributed by atoms with van der Waals surface area (Å²) in [4.78, 5) is 36.0. The van der Waals surface area contributed by atoms with Crippen LogP contribution >= 0.6 is 0 Å². The van der Waals surface area contributed by atoms with Crippen LogP contribution in [-0.4, -0.2) is 41.7 Å². The first-order chi connectivity index (χ1) is 12.4. The largest absolute Gasteiger partial charge is 0.444 e. The minimum Gasteiger partial charge on any atom is -0.444 e. The van der Waals surface area contributed by atoms with Gasteiger partial charge in [-0.2, -0.15) is 0 Å². The van der Waals surface area contributed by atoms with E-state index in [1.165, 1.54) is 13.8 Å². The van der Waals surface area contributed by atoms with Crippen LogP contribution in [0.5, 0.6) is 0 Å². The Morgan fingerprint density at radius 1 is 1.07 bits per heavy atom. The zero-order chi connectivity index (χ0) is 20.7. The maximum Gasteiger partial charge on any atom is 0.408 e. The van der Waals surface area contributed by atoms with Gasteiger partial charge in [0.25, 0.3) is 0 Å². The van der Waals surface area contributed by atoms with Crippen LogP contribution in [-0.2, 0) is 25.7 Å². The molecule has 0 bridgehead atoms. The van der Waals surface area contributed by atoms with Gasteiger partial charge < -0.3 is 25.8 Å². The molecule has 3 amide bonds. The lowest BCUT2D eigenvalue weighted by Gasteiger charge is -2.29. The molecule has 1 atom stereocenters. The minimum atomic E-state index is -1.31. The van der Waals surface area contributed by atoms with Crippen LogP contribution < -0.4 is 16.4 Å². The molecular formula is C19H29N3O5. The van der Waals surface area contributed by atoms with Crippen molar-refractivity contribution < 1.29 is 23.9 Å². The Morgan fingerprint density at radius 2 is 1.67 bits per heavy atom. The molecule has 0 saturated heterocycles. The predicted molar refractivity (Wildman–Crippen MR) is 101 cm³/mol. The first-order valence-corrected chi connectivity index (χ1v) is 8.64. The Labute approximate surface area is 159 Å². The van der Waals surface area contributed by atoms with Gasteiger partial charge in [-0.1, -0.05) is 30.3 Å². The summed E-state index contributed by atoms with van der Waals surface area (Å²) in [7, 11) is 0. The Bertz CT molecular complexity index is 653. The van der Waals surface area contributed by atoms with Gasteiger partial charge in [0.05, 0.1) is 13.2 Å². The molecule has 27 heavy (non-hydrogen) atoms. The van der Waals surface area contributed by atoms with Crippen molar-refractivity contribution in [2.24, 2.45) is 5.73 Å². The molecule has 1 unspecified atom stereocenters. The summed E-state index contributed by atoms with van der Waals surface area (Å²) in [6.45, 7) is 8.33. The third-order valence-corrected chi connectivity index (χ3v) is 3.43. The Morgan fingerprint density at radius 3 is 2.19 bits per heavy atom. The van der Waals surface area contributed by atoms with E-state index < -0.39 is 35.1 Å². The summed E-state index contributed by atoms with van der Waals surface area (Å²) < 4.78 is 10.6. The summed E-state index contributed by atoms with van der Waals surface area (Å²) in [5.74, 6) is -1.31. The van der Waals surface area contributed by atoms with Crippen molar-refractivity contribution in [3.63, 3.8) is 0 Å². The average Bonchev–Trinajstić information content (AvgIpc) is 2.52. The van der Waals surface area contributed by atoms with E-state index in [0.717, 1.165) is 5.56 Å². The standard InChI is InChI=1S/C19H29N3O5/c1-18(2,3)27-17(25)22-19(4,5)16(24)21-14(15(20)23)12-26-11-13-9-7-6-8-10-13/h6-10,14H,11-12H2,1-5H3,(H2,20,23)(H,21,24)(H,22,25). The number of carbonyl (C=O) groups is 3. The highest BCUT2D eigenvalue weighted by Crippen LogP contribution is 2.10. The van der Waals surface area contributed by atoms with E-state index in [1.807, 2.05) is 30.3 Å². The van der Waals surface area contributed by atoms with Crippen LogP contribution in [0.4, 0.5) is 4.79 Å². The molecule has 0 radical (unpaired) electrons. The third kappa shape index (κ3) is 8.54. The van der Waals surface area contributed by atoms with Crippen LogP contribution in [0.1, 0.15) is 40.2 Å². The highest BCUT2D eigenvalue weighted by Gasteiger charge is 2.33. The number of nitrogens with one attached hydrogen (secondary N) is 2. The van der Waals surface area contributed by atoms with E-state index in [-0.39, 0.29) is 13.2 Å². The fourth-order valence-electron chi connectivity index (χ4n) is 2.02. The molecule has 4 N–H and O–H groups in total. The molecule has 0 fully saturated rings. The lowest BCUT2D eigenvalue weighted by Crippen LogP contribution is -2.59. The lowest BCUT2D eigenvalue weighted by atomic mass is 10.0. The number of benzene rings is 1. The molecule has 0 saturated carbocycles. The summed E-state index contributed by atoms with van der Waals surface area (Å²) in [5, 5.41) is 4.98. The fraction of sp³-hybridized carbons (Fsp3) is 0.526. The van der Waals surface area contributed by atoms with E-state index in [0.29, 0.717) is 0 Å². The molecular weight excluding hydrogens is 350 g/mol. The normalized spacial score (nSPS) is 12.8. The molecule has 0 spiro atoms. The second-order valence-corrected chi connectivity index (χ2v) is 7.68. The van der Waals surface area contributed by atoms with Crippen molar-refractivity contribution in [1.29, 1.82) is 0 Å². The van der Waals surface area contributed by atoms with Crippen LogP contribution in [0.25, 0.3) is 0 Å². The van der Waals surface area contributed by atoms with E-state index in [9.17, 15) is 14.4 Å². The minimum absolute atomic E-state index is 0.0848. The van der Waals surface area contributed by atoms with Crippen LogP contribution in [0.2, 0.25) is 0 Å². The zero-order valence-electron chi connectivity index (χ0n) is 16.5. The second-order valence-electron chi connectivity index (χ2n) is 7.68. The van der Waals surface area contributed by atoms with Crippen molar-refractivity contribution in [2.45, 2.75) is 58.4 Å². The third-order valence-electron chi connectivity index (χ3n) is 3.43. The van der Waals surface area contributed by atoms with Gasteiger partial charge in [-0.25, -0.2) is 4.79 Å². The van der Waals surface area contributed by atoms with Gasteiger partial charge >= 0.3 is 6.09 Å². The first-order valence-electron chi connectivity index (χ1n) is 8.64. The summed E-state index contributed by atoms with van der Waals surface area (Å²) in [6.07, 6.45) is -0.737. The molecule has 8 nitrogen and oxygen atoms in total. The van der Waals surface area contributed by atoms with Crippen molar-refractivity contribution in [3.05, 3.63) is 35.9 Å². The number of alkyl carbamates (subject to hydrolysis) is 1. The van der Waals surface area contributed by atoms with Crippen LogP contribution in [0, 0.1) is 0 Å². The molecule has 1 aromatic carbocycles. The van der Waals surface area contributed by atoms with E-state index >= 15 is 0 Å². The number of ether oxygens (including phenoxy) is 2. The number of rotatable bonds is 8. The lowest BCUT2D eigenvalue weighted by molar-refractivity contribution is -0.132. The summed E-state index contributed by atoms with van der Waals surface area (Å²) in [6, 6.07) is 8.36. The Balaban J connectivity index is 2.60. The molecule has 0 heterocycles. The maximum atomic E-state index is 12.5. The quantitative estimate of drug-likeness (QED) is 0.632. The molecule has 1 rings (SSSR count). The van der Waals surface area contributed by atoms with Gasteiger partial charge in [-0.3, -0.25) is 9.59 Å². The summed E-state index contributed by atoms with van der Waals surface area (Å²) in [5.41, 5.74) is 4.27. The molecule has 150 valence electrons. The number of primary amides is 1. The van der Waals surface area contributed by atoms with Gasteiger partial charge in [0.2, 0.25) is 11.8 Å². The van der Waals surface area contributed by atoms with Crippen LogP contribution in [0.3, 0.4) is 0 Å². The Kier molecular flexibility index (Phi) is 7.78. The first kappa shape index (κ1) is 22.4. The predicted octanol–water partition coefficient (Wildman–Crippen LogP) is 1.48. The zero-order valence-corrected chi connectivity index (χ0v) is 16.5. The number of amides is 3. The maximum absolute atomic E-state index is 12.5. The number of nitrogens with two attached hydrogens (primary N) is 1. The molecule has 1 aromatic rings. The van der Waals surface area contributed by atoms with E-state index in [4.69, 9.17) is 15.2 Å². The summed E-state index contributed by atoms with van der Waals surface area (Å²) >= 11 is 0. The average molecular weight is 379 g/mol. The highest BCUT2D eigenvalue weighted by molar-refractivity contribution is 5.93. The van der Waals surface area contributed by atoms with Crippen molar-refractivity contribution in [2.75, 3.05) is 6.61 Å². The van der Waals surface area contributed by atoms with Crippen LogP contribution in [0.15, 0.2) is 30.3 Å². The number of hydrogen-bond donors (Lipinski definition) is 3. The van der Waals surface area contributed by atoms with Gasteiger partial charge in [-0.05, 0) is 40.2 Å². The van der Waals surface area contributed by atoms with E-state index in [1.54, 1.807) is 20.8 Å². The Hall–Kier alpha value is -2.61. The number of carbonyl (C=O) groups excluding carboxylic acids is 3. The SMILES string of the molecule is CC(C)(C)OC(=O)NC(C)(C)C(=O)NC(COCc1ccccc1)C(N)=O. The second kappa shape index (κ2) is 9.36. The van der Waals surface area contributed by atoms with Crippen molar-refractivity contribution >= 4 is 17.9 Å². The molecule has 8 heteroatoms. The molecule has 0 aromatic heterocycles.